The van der Waals surface area contributed by atoms with E-state index in [-0.39, 0.29) is 0 Å². The lowest BCUT2D eigenvalue weighted by Gasteiger charge is -2.09. The van der Waals surface area contributed by atoms with Crippen molar-refractivity contribution in [2.45, 2.75) is 27.7 Å². The zero-order valence-electron chi connectivity index (χ0n) is 10.6. The third kappa shape index (κ3) is 1.54. The Kier molecular flexibility index (Phi) is 2.58. The fourth-order valence-electron chi connectivity index (χ4n) is 2.11. The summed E-state index contributed by atoms with van der Waals surface area (Å²) < 4.78 is 2.17. The summed E-state index contributed by atoms with van der Waals surface area (Å²) in [6.07, 6.45) is 0. The molecule has 0 amide bonds. The van der Waals surface area contributed by atoms with Crippen LogP contribution in [-0.4, -0.2) is 9.55 Å². The van der Waals surface area contributed by atoms with Crippen LogP contribution in [0.25, 0.3) is 11.4 Å². The second-order valence-electron chi connectivity index (χ2n) is 4.43. The summed E-state index contributed by atoms with van der Waals surface area (Å²) in [6.45, 7) is 8.45. The molecule has 2 aromatic rings. The van der Waals surface area contributed by atoms with Crippen molar-refractivity contribution in [2.75, 3.05) is 0 Å². The van der Waals surface area contributed by atoms with Gasteiger partial charge in [-0.2, -0.15) is 0 Å². The van der Waals surface area contributed by atoms with Gasteiger partial charge in [-0.05, 0) is 38.8 Å². The third-order valence-corrected chi connectivity index (χ3v) is 3.32. The summed E-state index contributed by atoms with van der Waals surface area (Å²) >= 11 is 0. The van der Waals surface area contributed by atoms with E-state index in [0.29, 0.717) is 0 Å². The topological polar surface area (TPSA) is 17.8 Å². The molecule has 1 aromatic heterocycles. The molecule has 16 heavy (non-hydrogen) atoms. The molecule has 0 spiro atoms. The normalized spacial score (nSPS) is 10.8. The van der Waals surface area contributed by atoms with Crippen molar-refractivity contribution >= 4 is 0 Å². The number of benzene rings is 1. The number of rotatable bonds is 1. The van der Waals surface area contributed by atoms with Gasteiger partial charge < -0.3 is 4.57 Å². The molecule has 0 unspecified atom stereocenters. The highest BCUT2D eigenvalue weighted by atomic mass is 15.1. The number of aromatic nitrogens is 2. The lowest BCUT2D eigenvalue weighted by atomic mass is 10.0. The lowest BCUT2D eigenvalue weighted by Crippen LogP contribution is -1.98. The molecule has 2 nitrogen and oxygen atoms in total. The molecular weight excluding hydrogens is 196 g/mol. The number of imidazole rings is 1. The van der Waals surface area contributed by atoms with Crippen molar-refractivity contribution in [3.8, 4) is 11.4 Å². The minimum absolute atomic E-state index is 1.07. The van der Waals surface area contributed by atoms with E-state index in [4.69, 9.17) is 0 Å². The molecule has 2 rings (SSSR count). The molecule has 84 valence electrons. The van der Waals surface area contributed by atoms with Gasteiger partial charge in [0, 0.05) is 18.3 Å². The van der Waals surface area contributed by atoms with E-state index in [1.165, 1.54) is 22.4 Å². The van der Waals surface area contributed by atoms with Gasteiger partial charge in [-0.25, -0.2) is 4.98 Å². The fourth-order valence-corrected chi connectivity index (χ4v) is 2.11. The first-order chi connectivity index (χ1) is 7.52. The van der Waals surface area contributed by atoms with Gasteiger partial charge >= 0.3 is 0 Å². The molecule has 0 aliphatic heterocycles. The number of aryl methyl sites for hydroxylation is 3. The average molecular weight is 214 g/mol. The number of hydrogen-bond acceptors (Lipinski definition) is 1. The van der Waals surface area contributed by atoms with E-state index in [1.807, 2.05) is 0 Å². The van der Waals surface area contributed by atoms with E-state index >= 15 is 0 Å². The Morgan fingerprint density at radius 1 is 1.00 bits per heavy atom. The van der Waals surface area contributed by atoms with Gasteiger partial charge in [-0.1, -0.05) is 18.2 Å². The van der Waals surface area contributed by atoms with Gasteiger partial charge in [0.25, 0.3) is 0 Å². The van der Waals surface area contributed by atoms with Crippen LogP contribution in [0.5, 0.6) is 0 Å². The van der Waals surface area contributed by atoms with Crippen LogP contribution in [0.4, 0.5) is 0 Å². The largest absolute Gasteiger partial charge is 0.331 e. The van der Waals surface area contributed by atoms with Crippen LogP contribution in [0.3, 0.4) is 0 Å². The monoisotopic (exact) mass is 214 g/mol. The Balaban J connectivity index is 2.72. The standard InChI is InChI=1S/C14H18N2/c1-9-7-6-8-10(2)13(9)14-15-11(3)12(4)16(14)5/h6-8H,1-5H3. The minimum atomic E-state index is 1.07. The van der Waals surface area contributed by atoms with Crippen molar-refractivity contribution in [3.05, 3.63) is 40.7 Å². The smallest absolute Gasteiger partial charge is 0.140 e. The molecule has 0 radical (unpaired) electrons. The SMILES string of the molecule is Cc1cccc(C)c1-c1nc(C)c(C)n1C. The zero-order valence-corrected chi connectivity index (χ0v) is 10.6. The Hall–Kier alpha value is -1.57. The summed E-state index contributed by atoms with van der Waals surface area (Å²) in [5.41, 5.74) is 6.18. The summed E-state index contributed by atoms with van der Waals surface area (Å²) in [5, 5.41) is 0. The highest BCUT2D eigenvalue weighted by molar-refractivity contribution is 5.65. The molecule has 0 atom stereocenters. The Morgan fingerprint density at radius 3 is 2.00 bits per heavy atom. The van der Waals surface area contributed by atoms with Crippen molar-refractivity contribution in [2.24, 2.45) is 7.05 Å². The van der Waals surface area contributed by atoms with Crippen molar-refractivity contribution in [1.29, 1.82) is 0 Å². The molecular formula is C14H18N2. The maximum Gasteiger partial charge on any atom is 0.140 e. The predicted octanol–water partition coefficient (Wildman–Crippen LogP) is 3.32. The maximum atomic E-state index is 4.66. The van der Waals surface area contributed by atoms with E-state index in [0.717, 1.165) is 11.5 Å². The molecule has 0 aliphatic rings. The first-order valence-corrected chi connectivity index (χ1v) is 5.59. The zero-order chi connectivity index (χ0) is 11.9. The van der Waals surface area contributed by atoms with Gasteiger partial charge in [0.2, 0.25) is 0 Å². The average Bonchev–Trinajstić information content (AvgIpc) is 2.47. The van der Waals surface area contributed by atoms with Crippen molar-refractivity contribution in [1.82, 2.24) is 9.55 Å². The molecule has 1 aromatic carbocycles. The van der Waals surface area contributed by atoms with Crippen LogP contribution in [0.15, 0.2) is 18.2 Å². The molecule has 0 saturated heterocycles. The Labute approximate surface area is 97.0 Å². The van der Waals surface area contributed by atoms with Gasteiger partial charge in [0.05, 0.1) is 5.69 Å². The summed E-state index contributed by atoms with van der Waals surface area (Å²) in [7, 11) is 2.08. The number of nitrogens with zero attached hydrogens (tertiary/aromatic N) is 2. The minimum Gasteiger partial charge on any atom is -0.331 e. The highest BCUT2D eigenvalue weighted by Gasteiger charge is 2.13. The first-order valence-electron chi connectivity index (χ1n) is 5.59. The van der Waals surface area contributed by atoms with Crippen molar-refractivity contribution in [3.63, 3.8) is 0 Å². The molecule has 0 saturated carbocycles. The second-order valence-corrected chi connectivity index (χ2v) is 4.43. The molecule has 0 bridgehead atoms. The Morgan fingerprint density at radius 2 is 1.56 bits per heavy atom. The molecule has 0 aliphatic carbocycles. The Bertz CT molecular complexity index is 516. The summed E-state index contributed by atoms with van der Waals surface area (Å²) in [4.78, 5) is 4.66. The van der Waals surface area contributed by atoms with Crippen LogP contribution in [-0.2, 0) is 7.05 Å². The maximum absolute atomic E-state index is 4.66. The second kappa shape index (κ2) is 3.78. The van der Waals surface area contributed by atoms with Crippen molar-refractivity contribution < 1.29 is 0 Å². The van der Waals surface area contributed by atoms with Crippen LogP contribution >= 0.6 is 0 Å². The van der Waals surface area contributed by atoms with E-state index in [2.05, 4.69) is 62.5 Å². The number of hydrogen-bond donors (Lipinski definition) is 0. The van der Waals surface area contributed by atoms with E-state index in [1.54, 1.807) is 0 Å². The van der Waals surface area contributed by atoms with Gasteiger partial charge in [-0.3, -0.25) is 0 Å². The molecule has 1 heterocycles. The van der Waals surface area contributed by atoms with Crippen LogP contribution < -0.4 is 0 Å². The fraction of sp³-hybridized carbons (Fsp3) is 0.357. The van der Waals surface area contributed by atoms with Gasteiger partial charge in [0.1, 0.15) is 5.82 Å². The predicted molar refractivity (Wildman–Crippen MR) is 67.6 cm³/mol. The van der Waals surface area contributed by atoms with E-state index in [9.17, 15) is 0 Å². The summed E-state index contributed by atoms with van der Waals surface area (Å²) in [5.74, 6) is 1.07. The lowest BCUT2D eigenvalue weighted by molar-refractivity contribution is 0.879. The van der Waals surface area contributed by atoms with Crippen LogP contribution in [0.1, 0.15) is 22.5 Å². The highest BCUT2D eigenvalue weighted by Crippen LogP contribution is 2.27. The first kappa shape index (κ1) is 10.9. The molecule has 0 fully saturated rings. The van der Waals surface area contributed by atoms with Crippen LogP contribution in [0, 0.1) is 27.7 Å². The van der Waals surface area contributed by atoms with E-state index < -0.39 is 0 Å². The van der Waals surface area contributed by atoms with Crippen LogP contribution in [0.2, 0.25) is 0 Å². The summed E-state index contributed by atoms with van der Waals surface area (Å²) in [6, 6.07) is 6.38. The molecule has 2 heteroatoms. The molecule has 0 N–H and O–H groups in total. The third-order valence-electron chi connectivity index (χ3n) is 3.32. The van der Waals surface area contributed by atoms with Gasteiger partial charge in [0.15, 0.2) is 0 Å². The van der Waals surface area contributed by atoms with Gasteiger partial charge in [-0.15, -0.1) is 0 Å². The quantitative estimate of drug-likeness (QED) is 0.712.